The van der Waals surface area contributed by atoms with Crippen molar-refractivity contribution in [3.63, 3.8) is 0 Å². The third-order valence-corrected chi connectivity index (χ3v) is 5.54. The Balaban J connectivity index is 1.54. The molecular weight excluding hydrogens is 301 g/mol. The van der Waals surface area contributed by atoms with E-state index in [-0.39, 0.29) is 11.1 Å². The van der Waals surface area contributed by atoms with Crippen molar-refractivity contribution in [2.24, 2.45) is 5.92 Å². The number of hydrogen-bond acceptors (Lipinski definition) is 3. The van der Waals surface area contributed by atoms with Crippen LogP contribution in [0.3, 0.4) is 0 Å². The summed E-state index contributed by atoms with van der Waals surface area (Å²) >= 11 is 5.75. The normalized spacial score (nSPS) is 27.8. The van der Waals surface area contributed by atoms with Crippen LogP contribution in [-0.4, -0.2) is 33.0 Å². The number of hydrogen-bond donors (Lipinski definition) is 0. The highest BCUT2D eigenvalue weighted by molar-refractivity contribution is 6.28. The minimum Gasteiger partial charge on any atom is -0.295 e. The van der Waals surface area contributed by atoms with Crippen LogP contribution in [0.4, 0.5) is 4.39 Å². The average Bonchev–Trinajstić information content (AvgIpc) is 2.91. The van der Waals surface area contributed by atoms with Crippen LogP contribution in [0.15, 0.2) is 6.20 Å². The van der Waals surface area contributed by atoms with Gasteiger partial charge in [-0.3, -0.25) is 4.90 Å². The Kier molecular flexibility index (Phi) is 4.69. The van der Waals surface area contributed by atoms with Gasteiger partial charge in [0.15, 0.2) is 5.82 Å². The largest absolute Gasteiger partial charge is 0.295 e. The van der Waals surface area contributed by atoms with E-state index in [0.29, 0.717) is 17.7 Å². The van der Waals surface area contributed by atoms with E-state index in [4.69, 9.17) is 11.6 Å². The Bertz CT molecular complexity index is 535. The molecule has 0 radical (unpaired) electrons. The van der Waals surface area contributed by atoms with Crippen LogP contribution in [0.2, 0.25) is 5.28 Å². The summed E-state index contributed by atoms with van der Waals surface area (Å²) in [6, 6.07) is 0.763. The number of aryl methyl sites for hydroxylation is 1. The molecule has 2 aliphatic heterocycles. The lowest BCUT2D eigenvalue weighted by Crippen LogP contribution is -2.52. The molecule has 0 saturated carbocycles. The lowest BCUT2D eigenvalue weighted by molar-refractivity contribution is 0.0225. The molecule has 2 aliphatic rings. The summed E-state index contributed by atoms with van der Waals surface area (Å²) in [7, 11) is 0. The molecule has 2 saturated heterocycles. The second-order valence-electron chi connectivity index (χ2n) is 7.43. The predicted molar refractivity (Wildman–Crippen MR) is 86.5 cm³/mol. The third kappa shape index (κ3) is 3.43. The Morgan fingerprint density at radius 3 is 3.09 bits per heavy atom. The van der Waals surface area contributed by atoms with Crippen LogP contribution >= 0.6 is 11.6 Å². The Labute approximate surface area is 137 Å². The molecule has 0 amide bonds. The second kappa shape index (κ2) is 6.40. The SMILES string of the molecule is CC1(C)CC(CCCc2nc(Cl)ncc2F)CC2CCCN21. The molecule has 3 nitrogen and oxygen atoms in total. The van der Waals surface area contributed by atoms with Gasteiger partial charge in [0.05, 0.1) is 11.9 Å². The summed E-state index contributed by atoms with van der Waals surface area (Å²) in [4.78, 5) is 10.4. The Morgan fingerprint density at radius 1 is 1.45 bits per heavy atom. The maximum absolute atomic E-state index is 13.6. The Morgan fingerprint density at radius 2 is 2.27 bits per heavy atom. The molecule has 1 aromatic heterocycles. The summed E-state index contributed by atoms with van der Waals surface area (Å²) in [6.07, 6.45) is 9.17. The molecule has 2 fully saturated rings. The quantitative estimate of drug-likeness (QED) is 0.775. The Hall–Kier alpha value is -0.740. The van der Waals surface area contributed by atoms with Gasteiger partial charge in [0.25, 0.3) is 0 Å². The van der Waals surface area contributed by atoms with Gasteiger partial charge in [0.2, 0.25) is 5.28 Å². The molecule has 0 aliphatic carbocycles. The van der Waals surface area contributed by atoms with Crippen molar-refractivity contribution < 1.29 is 4.39 Å². The molecule has 1 aromatic rings. The molecule has 122 valence electrons. The zero-order valence-corrected chi connectivity index (χ0v) is 14.2. The highest BCUT2D eigenvalue weighted by Gasteiger charge is 2.42. The summed E-state index contributed by atoms with van der Waals surface area (Å²) in [6.45, 7) is 6.01. The molecule has 3 heterocycles. The standard InChI is InChI=1S/C17H25ClFN3/c1-17(2)10-12(9-13-6-4-8-22(13)17)5-3-7-15-14(19)11-20-16(18)21-15/h11-13H,3-10H2,1-2H3. The fourth-order valence-electron chi connectivity index (χ4n) is 4.50. The molecule has 0 aromatic carbocycles. The molecule has 2 unspecified atom stereocenters. The number of nitrogens with zero attached hydrogens (tertiary/aromatic N) is 3. The maximum atomic E-state index is 13.6. The first kappa shape index (κ1) is 16.1. The molecule has 0 N–H and O–H groups in total. The summed E-state index contributed by atoms with van der Waals surface area (Å²) in [5, 5.41) is 0.136. The van der Waals surface area contributed by atoms with E-state index in [9.17, 15) is 4.39 Å². The topological polar surface area (TPSA) is 29.0 Å². The average molecular weight is 326 g/mol. The van der Waals surface area contributed by atoms with Crippen molar-refractivity contribution in [2.45, 2.75) is 70.4 Å². The van der Waals surface area contributed by atoms with Crippen LogP contribution in [0.25, 0.3) is 0 Å². The zero-order valence-electron chi connectivity index (χ0n) is 13.5. The van der Waals surface area contributed by atoms with Crippen molar-refractivity contribution in [1.82, 2.24) is 14.9 Å². The maximum Gasteiger partial charge on any atom is 0.222 e. The van der Waals surface area contributed by atoms with Crippen LogP contribution < -0.4 is 0 Å². The van der Waals surface area contributed by atoms with Gasteiger partial charge in [-0.2, -0.15) is 0 Å². The summed E-state index contributed by atoms with van der Waals surface area (Å²) in [5.41, 5.74) is 0.769. The van der Waals surface area contributed by atoms with E-state index in [2.05, 4.69) is 28.7 Å². The van der Waals surface area contributed by atoms with Crippen molar-refractivity contribution in [2.75, 3.05) is 6.54 Å². The minimum atomic E-state index is -0.338. The van der Waals surface area contributed by atoms with Crippen LogP contribution in [0.1, 0.15) is 58.1 Å². The van der Waals surface area contributed by atoms with E-state index in [1.54, 1.807) is 0 Å². The van der Waals surface area contributed by atoms with Crippen LogP contribution in [0, 0.1) is 11.7 Å². The summed E-state index contributed by atoms with van der Waals surface area (Å²) < 4.78 is 13.6. The smallest absolute Gasteiger partial charge is 0.222 e. The van der Waals surface area contributed by atoms with Gasteiger partial charge >= 0.3 is 0 Å². The van der Waals surface area contributed by atoms with Crippen LogP contribution in [-0.2, 0) is 6.42 Å². The first-order chi connectivity index (χ1) is 10.5. The van der Waals surface area contributed by atoms with Crippen LogP contribution in [0.5, 0.6) is 0 Å². The van der Waals surface area contributed by atoms with Crippen molar-refractivity contribution in [3.8, 4) is 0 Å². The molecule has 2 atom stereocenters. The summed E-state index contributed by atoms with van der Waals surface area (Å²) in [5.74, 6) is 0.407. The molecule has 5 heteroatoms. The van der Waals surface area contributed by atoms with E-state index in [0.717, 1.165) is 24.8 Å². The molecule has 0 spiro atoms. The van der Waals surface area contributed by atoms with Gasteiger partial charge in [0.1, 0.15) is 0 Å². The monoisotopic (exact) mass is 325 g/mol. The van der Waals surface area contributed by atoms with E-state index in [1.165, 1.54) is 38.4 Å². The van der Waals surface area contributed by atoms with Crippen molar-refractivity contribution in [3.05, 3.63) is 23.0 Å². The molecule has 3 rings (SSSR count). The van der Waals surface area contributed by atoms with Gasteiger partial charge in [-0.05, 0) is 82.9 Å². The van der Waals surface area contributed by atoms with Gasteiger partial charge < -0.3 is 0 Å². The van der Waals surface area contributed by atoms with Crippen molar-refractivity contribution >= 4 is 11.6 Å². The van der Waals surface area contributed by atoms with Gasteiger partial charge in [0, 0.05) is 11.6 Å². The third-order valence-electron chi connectivity index (χ3n) is 5.36. The first-order valence-corrected chi connectivity index (χ1v) is 8.77. The lowest BCUT2D eigenvalue weighted by Gasteiger charge is -2.47. The highest BCUT2D eigenvalue weighted by Crippen LogP contribution is 2.41. The van der Waals surface area contributed by atoms with Gasteiger partial charge in [-0.1, -0.05) is 0 Å². The number of rotatable bonds is 4. The number of halogens is 2. The number of piperidine rings is 1. The van der Waals surface area contributed by atoms with Crippen molar-refractivity contribution in [1.29, 1.82) is 0 Å². The number of aromatic nitrogens is 2. The van der Waals surface area contributed by atoms with E-state index in [1.807, 2.05) is 0 Å². The van der Waals surface area contributed by atoms with Gasteiger partial charge in [-0.25, -0.2) is 14.4 Å². The lowest BCUT2D eigenvalue weighted by atomic mass is 9.77. The fraction of sp³-hybridized carbons (Fsp3) is 0.765. The molecule has 0 bridgehead atoms. The predicted octanol–water partition coefficient (Wildman–Crippen LogP) is 4.24. The van der Waals surface area contributed by atoms with Gasteiger partial charge in [-0.15, -0.1) is 0 Å². The second-order valence-corrected chi connectivity index (χ2v) is 7.77. The van der Waals surface area contributed by atoms with E-state index < -0.39 is 0 Å². The first-order valence-electron chi connectivity index (χ1n) is 8.39. The molecular formula is C17H25ClFN3. The molecule has 22 heavy (non-hydrogen) atoms. The highest BCUT2D eigenvalue weighted by atomic mass is 35.5. The zero-order chi connectivity index (χ0) is 15.7. The van der Waals surface area contributed by atoms with E-state index >= 15 is 0 Å². The number of fused-ring (bicyclic) bond motifs is 1. The fourth-order valence-corrected chi connectivity index (χ4v) is 4.65. The minimum absolute atomic E-state index is 0.136.